The predicted octanol–water partition coefficient (Wildman–Crippen LogP) is 4.49. The highest BCUT2D eigenvalue weighted by molar-refractivity contribution is 6.35. The minimum Gasteiger partial charge on any atom is -0.371 e. The van der Waals surface area contributed by atoms with Crippen LogP contribution in [-0.2, 0) is 0 Å². The number of nitrogens with one attached hydrogen (secondary N) is 1. The Morgan fingerprint density at radius 3 is 2.59 bits per heavy atom. The molecular formula is C16H17Cl2N3O. The van der Waals surface area contributed by atoms with E-state index >= 15 is 0 Å². The van der Waals surface area contributed by atoms with Gasteiger partial charge in [-0.2, -0.15) is 0 Å². The van der Waals surface area contributed by atoms with E-state index in [2.05, 4.69) is 29.0 Å². The van der Waals surface area contributed by atoms with E-state index in [9.17, 15) is 4.79 Å². The molecule has 0 fully saturated rings. The van der Waals surface area contributed by atoms with Crippen LogP contribution in [0.1, 0.15) is 24.2 Å². The summed E-state index contributed by atoms with van der Waals surface area (Å²) in [6, 6.07) is 6.74. The van der Waals surface area contributed by atoms with Crippen molar-refractivity contribution in [2.24, 2.45) is 0 Å². The van der Waals surface area contributed by atoms with Gasteiger partial charge in [-0.1, -0.05) is 23.2 Å². The van der Waals surface area contributed by atoms with Crippen LogP contribution in [0.15, 0.2) is 36.7 Å². The number of carbonyl (C=O) groups is 1. The summed E-state index contributed by atoms with van der Waals surface area (Å²) in [4.78, 5) is 18.6. The summed E-state index contributed by atoms with van der Waals surface area (Å²) in [6.45, 7) is 5.82. The molecule has 0 saturated heterocycles. The van der Waals surface area contributed by atoms with Gasteiger partial charge >= 0.3 is 0 Å². The van der Waals surface area contributed by atoms with Crippen molar-refractivity contribution < 1.29 is 4.79 Å². The third-order valence-electron chi connectivity index (χ3n) is 3.29. The number of anilines is 2. The zero-order valence-corrected chi connectivity index (χ0v) is 13.9. The molecule has 116 valence electrons. The number of rotatable bonds is 5. The molecule has 1 aromatic carbocycles. The van der Waals surface area contributed by atoms with E-state index in [1.165, 1.54) is 6.20 Å². The van der Waals surface area contributed by atoms with Crippen LogP contribution in [-0.4, -0.2) is 24.0 Å². The Kier molecular flexibility index (Phi) is 5.63. The summed E-state index contributed by atoms with van der Waals surface area (Å²) < 4.78 is 0. The minimum absolute atomic E-state index is 0.273. The van der Waals surface area contributed by atoms with E-state index in [-0.39, 0.29) is 5.91 Å². The average Bonchev–Trinajstić information content (AvgIpc) is 2.52. The van der Waals surface area contributed by atoms with Gasteiger partial charge < -0.3 is 10.2 Å². The molecule has 6 heteroatoms. The molecule has 2 aromatic rings. The van der Waals surface area contributed by atoms with Crippen molar-refractivity contribution >= 4 is 40.5 Å². The Labute approximate surface area is 140 Å². The Morgan fingerprint density at radius 1 is 1.18 bits per heavy atom. The first-order valence-electron chi connectivity index (χ1n) is 7.01. The summed E-state index contributed by atoms with van der Waals surface area (Å²) in [5, 5.41) is 3.70. The molecule has 4 nitrogen and oxygen atoms in total. The van der Waals surface area contributed by atoms with Gasteiger partial charge in [-0.25, -0.2) is 0 Å². The number of nitrogens with zero attached hydrogens (tertiary/aromatic N) is 2. The largest absolute Gasteiger partial charge is 0.371 e. The zero-order valence-electron chi connectivity index (χ0n) is 12.4. The van der Waals surface area contributed by atoms with Crippen LogP contribution >= 0.6 is 23.2 Å². The molecule has 2 rings (SSSR count). The third kappa shape index (κ3) is 3.90. The van der Waals surface area contributed by atoms with Crippen molar-refractivity contribution in [3.63, 3.8) is 0 Å². The molecule has 0 bridgehead atoms. The highest BCUT2D eigenvalue weighted by atomic mass is 35.5. The number of hydrogen-bond acceptors (Lipinski definition) is 3. The standard InChI is InChI=1S/C16H17Cl2N3O/c1-3-21(4-2)13-7-11(9-19-10-13)16(22)20-15-8-12(17)5-6-14(15)18/h5-10H,3-4H2,1-2H3,(H,20,22). The maximum atomic E-state index is 12.4. The summed E-state index contributed by atoms with van der Waals surface area (Å²) in [7, 11) is 0. The number of hydrogen-bond donors (Lipinski definition) is 1. The molecular weight excluding hydrogens is 321 g/mol. The second-order valence-electron chi connectivity index (χ2n) is 4.68. The fraction of sp³-hybridized carbons (Fsp3) is 0.250. The minimum atomic E-state index is -0.273. The number of pyridine rings is 1. The maximum Gasteiger partial charge on any atom is 0.257 e. The van der Waals surface area contributed by atoms with Crippen LogP contribution < -0.4 is 10.2 Å². The van der Waals surface area contributed by atoms with Crippen LogP contribution in [0.2, 0.25) is 10.0 Å². The van der Waals surface area contributed by atoms with Gasteiger partial charge in [-0.15, -0.1) is 0 Å². The predicted molar refractivity (Wildman–Crippen MR) is 92.2 cm³/mol. The molecule has 0 aliphatic carbocycles. The Hall–Kier alpha value is -1.78. The quantitative estimate of drug-likeness (QED) is 0.874. The topological polar surface area (TPSA) is 45.2 Å². The Balaban J connectivity index is 2.23. The lowest BCUT2D eigenvalue weighted by molar-refractivity contribution is 0.102. The molecule has 1 heterocycles. The SMILES string of the molecule is CCN(CC)c1cncc(C(=O)Nc2cc(Cl)ccc2Cl)c1. The molecule has 0 unspecified atom stereocenters. The van der Waals surface area contributed by atoms with Gasteiger partial charge in [-0.05, 0) is 38.1 Å². The van der Waals surface area contributed by atoms with Gasteiger partial charge in [0.2, 0.25) is 0 Å². The van der Waals surface area contributed by atoms with Crippen molar-refractivity contribution in [3.05, 3.63) is 52.3 Å². The van der Waals surface area contributed by atoms with E-state index in [0.717, 1.165) is 18.8 Å². The van der Waals surface area contributed by atoms with Gasteiger partial charge in [0.15, 0.2) is 0 Å². The first-order chi connectivity index (χ1) is 10.5. The molecule has 1 amide bonds. The van der Waals surface area contributed by atoms with Gasteiger partial charge in [0, 0.05) is 24.3 Å². The second-order valence-corrected chi connectivity index (χ2v) is 5.53. The monoisotopic (exact) mass is 337 g/mol. The van der Waals surface area contributed by atoms with Crippen molar-refractivity contribution in [2.75, 3.05) is 23.3 Å². The highest BCUT2D eigenvalue weighted by Gasteiger charge is 2.11. The van der Waals surface area contributed by atoms with E-state index in [4.69, 9.17) is 23.2 Å². The average molecular weight is 338 g/mol. The van der Waals surface area contributed by atoms with Crippen molar-refractivity contribution in [3.8, 4) is 0 Å². The normalized spacial score (nSPS) is 10.4. The van der Waals surface area contributed by atoms with Crippen molar-refractivity contribution in [1.82, 2.24) is 4.98 Å². The number of benzene rings is 1. The number of aromatic nitrogens is 1. The molecule has 0 saturated carbocycles. The molecule has 0 spiro atoms. The van der Waals surface area contributed by atoms with Crippen LogP contribution in [0.3, 0.4) is 0 Å². The molecule has 0 aliphatic heterocycles. The van der Waals surface area contributed by atoms with E-state index in [0.29, 0.717) is 21.3 Å². The second kappa shape index (κ2) is 7.47. The van der Waals surface area contributed by atoms with Crippen LogP contribution in [0.4, 0.5) is 11.4 Å². The number of carbonyl (C=O) groups excluding carboxylic acids is 1. The number of halogens is 2. The Bertz CT molecular complexity index is 672. The summed E-state index contributed by atoms with van der Waals surface area (Å²) in [5.41, 5.74) is 1.86. The highest BCUT2D eigenvalue weighted by Crippen LogP contribution is 2.26. The zero-order chi connectivity index (χ0) is 16.1. The summed E-state index contributed by atoms with van der Waals surface area (Å²) >= 11 is 12.0. The lowest BCUT2D eigenvalue weighted by atomic mass is 10.2. The van der Waals surface area contributed by atoms with E-state index in [1.807, 2.05) is 6.07 Å². The van der Waals surface area contributed by atoms with Gasteiger partial charge in [0.25, 0.3) is 5.91 Å². The van der Waals surface area contributed by atoms with Crippen LogP contribution in [0.25, 0.3) is 0 Å². The fourth-order valence-electron chi connectivity index (χ4n) is 2.10. The van der Waals surface area contributed by atoms with Gasteiger partial charge in [0.05, 0.1) is 28.2 Å². The fourth-order valence-corrected chi connectivity index (χ4v) is 2.44. The Morgan fingerprint density at radius 2 is 1.91 bits per heavy atom. The van der Waals surface area contributed by atoms with Crippen molar-refractivity contribution in [2.45, 2.75) is 13.8 Å². The lowest BCUT2D eigenvalue weighted by Gasteiger charge is -2.20. The van der Waals surface area contributed by atoms with Crippen molar-refractivity contribution in [1.29, 1.82) is 0 Å². The molecule has 0 aliphatic rings. The molecule has 0 radical (unpaired) electrons. The van der Waals surface area contributed by atoms with Gasteiger partial charge in [0.1, 0.15) is 0 Å². The maximum absolute atomic E-state index is 12.4. The smallest absolute Gasteiger partial charge is 0.257 e. The van der Waals surface area contributed by atoms with Gasteiger partial charge in [-0.3, -0.25) is 9.78 Å². The first-order valence-corrected chi connectivity index (χ1v) is 7.77. The van der Waals surface area contributed by atoms with E-state index < -0.39 is 0 Å². The first kappa shape index (κ1) is 16.6. The summed E-state index contributed by atoms with van der Waals surface area (Å²) in [6.07, 6.45) is 3.27. The molecule has 0 atom stereocenters. The lowest BCUT2D eigenvalue weighted by Crippen LogP contribution is -2.22. The third-order valence-corrected chi connectivity index (χ3v) is 3.86. The number of amides is 1. The molecule has 1 aromatic heterocycles. The molecule has 1 N–H and O–H groups in total. The van der Waals surface area contributed by atoms with E-state index in [1.54, 1.807) is 24.4 Å². The van der Waals surface area contributed by atoms with Crippen LogP contribution in [0.5, 0.6) is 0 Å². The van der Waals surface area contributed by atoms with Crippen LogP contribution in [0, 0.1) is 0 Å². The molecule has 22 heavy (non-hydrogen) atoms. The summed E-state index contributed by atoms with van der Waals surface area (Å²) in [5.74, 6) is -0.273.